The predicted molar refractivity (Wildman–Crippen MR) is 110 cm³/mol. The molecule has 1 aliphatic carbocycles. The molecular formula is C21H25N5O2. The molecule has 3 N–H and O–H groups in total. The fourth-order valence-electron chi connectivity index (χ4n) is 4.38. The zero-order valence-corrected chi connectivity index (χ0v) is 16.2. The maximum Gasteiger partial charge on any atom is 0.263 e. The van der Waals surface area contributed by atoms with Gasteiger partial charge in [0, 0.05) is 12.8 Å². The van der Waals surface area contributed by atoms with Gasteiger partial charge in [-0.15, -0.1) is 0 Å². The van der Waals surface area contributed by atoms with Crippen molar-refractivity contribution in [3.8, 4) is 0 Å². The molecule has 1 saturated carbocycles. The molecule has 0 amide bonds. The molecule has 0 spiro atoms. The summed E-state index contributed by atoms with van der Waals surface area (Å²) in [4.78, 5) is 26.6. The Kier molecular flexibility index (Phi) is 4.01. The lowest BCUT2D eigenvalue weighted by Crippen LogP contribution is -2.39. The van der Waals surface area contributed by atoms with E-state index in [1.165, 1.54) is 24.6 Å². The lowest BCUT2D eigenvalue weighted by Gasteiger charge is -2.27. The van der Waals surface area contributed by atoms with Gasteiger partial charge in [-0.2, -0.15) is 4.98 Å². The summed E-state index contributed by atoms with van der Waals surface area (Å²) in [5.74, 6) is 1.43. The highest BCUT2D eigenvalue weighted by Crippen LogP contribution is 2.42. The first-order chi connectivity index (χ1) is 13.5. The Balaban J connectivity index is 1.43. The first kappa shape index (κ1) is 17.4. The zero-order chi connectivity index (χ0) is 19.4. The number of hydrogen-bond donors (Lipinski definition) is 2. The minimum atomic E-state index is -0.264. The molecule has 3 fully saturated rings. The van der Waals surface area contributed by atoms with E-state index in [1.807, 2.05) is 0 Å². The molecule has 2 aliphatic heterocycles. The van der Waals surface area contributed by atoms with E-state index in [0.717, 1.165) is 29.8 Å². The SMILES string of the molecule is Cc1cc(C2CC2)cc(C)c1N=Cc1c(N)nc(N2C[C@H]3CC2CO3)[nH]c1=O. The van der Waals surface area contributed by atoms with Gasteiger partial charge in [-0.05, 0) is 55.7 Å². The summed E-state index contributed by atoms with van der Waals surface area (Å²) >= 11 is 0. The van der Waals surface area contributed by atoms with Crippen LogP contribution in [0.5, 0.6) is 0 Å². The molecular weight excluding hydrogens is 354 g/mol. The first-order valence-electron chi connectivity index (χ1n) is 9.93. The van der Waals surface area contributed by atoms with Crippen LogP contribution in [0.1, 0.15) is 47.4 Å². The van der Waals surface area contributed by atoms with E-state index in [4.69, 9.17) is 10.5 Å². The van der Waals surface area contributed by atoms with Crippen LogP contribution in [-0.2, 0) is 4.74 Å². The number of aliphatic imine (C=N–C) groups is 1. The van der Waals surface area contributed by atoms with Crippen molar-refractivity contribution in [1.82, 2.24) is 9.97 Å². The molecule has 146 valence electrons. The summed E-state index contributed by atoms with van der Waals surface area (Å²) in [5, 5.41) is 0. The minimum absolute atomic E-state index is 0.205. The lowest BCUT2D eigenvalue weighted by molar-refractivity contribution is 0.0986. The molecule has 2 saturated heterocycles. The van der Waals surface area contributed by atoms with Gasteiger partial charge in [-0.1, -0.05) is 12.1 Å². The molecule has 2 bridgehead atoms. The van der Waals surface area contributed by atoms with Crippen LogP contribution < -0.4 is 16.2 Å². The zero-order valence-electron chi connectivity index (χ0n) is 16.2. The Hall–Kier alpha value is -2.67. The Bertz CT molecular complexity index is 1000. The number of aromatic nitrogens is 2. The van der Waals surface area contributed by atoms with Gasteiger partial charge in [0.2, 0.25) is 5.95 Å². The molecule has 3 aliphatic rings. The third-order valence-corrected chi connectivity index (χ3v) is 6.03. The van der Waals surface area contributed by atoms with Gasteiger partial charge in [0.1, 0.15) is 11.4 Å². The van der Waals surface area contributed by atoms with Crippen molar-refractivity contribution in [3.63, 3.8) is 0 Å². The molecule has 2 atom stereocenters. The van der Waals surface area contributed by atoms with Crippen molar-refractivity contribution in [2.24, 2.45) is 4.99 Å². The number of rotatable bonds is 4. The monoisotopic (exact) mass is 379 g/mol. The van der Waals surface area contributed by atoms with Gasteiger partial charge < -0.3 is 15.4 Å². The maximum absolute atomic E-state index is 12.6. The smallest absolute Gasteiger partial charge is 0.263 e. The second kappa shape index (κ2) is 6.44. The fraction of sp³-hybridized carbons (Fsp3) is 0.476. The van der Waals surface area contributed by atoms with Crippen molar-refractivity contribution < 1.29 is 4.74 Å². The number of nitrogens with two attached hydrogens (primary N) is 1. The second-order valence-corrected chi connectivity index (χ2v) is 8.22. The van der Waals surface area contributed by atoms with Crippen LogP contribution in [0.2, 0.25) is 0 Å². The number of nitrogens with zero attached hydrogens (tertiary/aromatic N) is 3. The molecule has 1 unspecified atom stereocenters. The fourth-order valence-corrected chi connectivity index (χ4v) is 4.38. The highest BCUT2D eigenvalue weighted by Gasteiger charge is 2.40. The van der Waals surface area contributed by atoms with Crippen LogP contribution in [0.15, 0.2) is 21.9 Å². The van der Waals surface area contributed by atoms with Crippen LogP contribution >= 0.6 is 0 Å². The summed E-state index contributed by atoms with van der Waals surface area (Å²) in [6.07, 6.45) is 5.28. The Morgan fingerprint density at radius 2 is 2.07 bits per heavy atom. The Morgan fingerprint density at radius 3 is 2.64 bits per heavy atom. The largest absolute Gasteiger partial charge is 0.383 e. The van der Waals surface area contributed by atoms with E-state index in [0.29, 0.717) is 24.0 Å². The number of fused-ring (bicyclic) bond motifs is 2. The number of anilines is 2. The molecule has 2 aromatic rings. The Labute approximate surface area is 163 Å². The second-order valence-electron chi connectivity index (χ2n) is 8.22. The van der Waals surface area contributed by atoms with Gasteiger partial charge >= 0.3 is 0 Å². The van der Waals surface area contributed by atoms with Crippen molar-refractivity contribution in [3.05, 3.63) is 44.7 Å². The van der Waals surface area contributed by atoms with Gasteiger partial charge in [0.05, 0.1) is 24.4 Å². The number of hydrogen-bond acceptors (Lipinski definition) is 6. The van der Waals surface area contributed by atoms with Crippen LogP contribution in [0.4, 0.5) is 17.5 Å². The summed E-state index contributed by atoms with van der Waals surface area (Å²) in [6.45, 7) is 5.54. The van der Waals surface area contributed by atoms with Gasteiger partial charge in [0.15, 0.2) is 0 Å². The topological polar surface area (TPSA) is 96.6 Å². The number of ether oxygens (including phenoxy) is 1. The summed E-state index contributed by atoms with van der Waals surface area (Å²) in [6, 6.07) is 4.68. The number of H-pyrrole nitrogens is 1. The van der Waals surface area contributed by atoms with Crippen molar-refractivity contribution in [2.75, 3.05) is 23.8 Å². The van der Waals surface area contributed by atoms with Gasteiger partial charge in [-0.3, -0.25) is 14.8 Å². The van der Waals surface area contributed by atoms with Crippen molar-refractivity contribution >= 4 is 23.7 Å². The van der Waals surface area contributed by atoms with E-state index < -0.39 is 0 Å². The van der Waals surface area contributed by atoms with E-state index >= 15 is 0 Å². The average molecular weight is 379 g/mol. The molecule has 7 heteroatoms. The highest BCUT2D eigenvalue weighted by molar-refractivity contribution is 5.87. The van der Waals surface area contributed by atoms with Crippen LogP contribution in [0.3, 0.4) is 0 Å². The third kappa shape index (κ3) is 2.99. The minimum Gasteiger partial charge on any atom is -0.383 e. The highest BCUT2D eigenvalue weighted by atomic mass is 16.5. The molecule has 0 radical (unpaired) electrons. The first-order valence-corrected chi connectivity index (χ1v) is 9.93. The van der Waals surface area contributed by atoms with Crippen LogP contribution in [0.25, 0.3) is 0 Å². The third-order valence-electron chi connectivity index (χ3n) is 6.03. The quantitative estimate of drug-likeness (QED) is 0.796. The lowest BCUT2D eigenvalue weighted by atomic mass is 10.0. The Morgan fingerprint density at radius 1 is 1.32 bits per heavy atom. The van der Waals surface area contributed by atoms with E-state index in [9.17, 15) is 4.79 Å². The molecule has 7 nitrogen and oxygen atoms in total. The standard InChI is InChI=1S/C21H25N5O2/c1-11-5-14(13-3-4-13)6-12(2)18(11)23-8-17-19(22)24-21(25-20(17)27)26-9-16-7-15(26)10-28-16/h5-6,8,13,15-16H,3-4,7,9-10H2,1-2H3,(H3,22,24,25,27)/t15?,16-/m1/s1. The molecule has 1 aromatic heterocycles. The maximum atomic E-state index is 12.6. The summed E-state index contributed by atoms with van der Waals surface area (Å²) in [5.41, 5.74) is 10.7. The van der Waals surface area contributed by atoms with Crippen molar-refractivity contribution in [2.45, 2.75) is 51.2 Å². The number of aryl methyl sites for hydroxylation is 2. The molecule has 1 aromatic carbocycles. The predicted octanol–water partition coefficient (Wildman–Crippen LogP) is 2.57. The average Bonchev–Trinajstić information content (AvgIpc) is 3.29. The summed E-state index contributed by atoms with van der Waals surface area (Å²) < 4.78 is 5.61. The van der Waals surface area contributed by atoms with Gasteiger partial charge in [0.25, 0.3) is 5.56 Å². The molecule has 28 heavy (non-hydrogen) atoms. The number of benzene rings is 1. The van der Waals surface area contributed by atoms with E-state index in [2.05, 4.69) is 45.8 Å². The van der Waals surface area contributed by atoms with E-state index in [-0.39, 0.29) is 23.5 Å². The molecule has 3 heterocycles. The van der Waals surface area contributed by atoms with Gasteiger partial charge in [-0.25, -0.2) is 0 Å². The summed E-state index contributed by atoms with van der Waals surface area (Å²) in [7, 11) is 0. The normalized spacial score (nSPS) is 23.9. The molecule has 5 rings (SSSR count). The van der Waals surface area contributed by atoms with Crippen LogP contribution in [0, 0.1) is 13.8 Å². The number of morpholine rings is 1. The number of nitrogen functional groups attached to an aromatic ring is 1. The van der Waals surface area contributed by atoms with Crippen molar-refractivity contribution in [1.29, 1.82) is 0 Å². The van der Waals surface area contributed by atoms with Crippen LogP contribution in [-0.4, -0.2) is 41.5 Å². The number of aromatic amines is 1. The number of nitrogens with one attached hydrogen (secondary N) is 1. The van der Waals surface area contributed by atoms with E-state index in [1.54, 1.807) is 0 Å².